The van der Waals surface area contributed by atoms with Gasteiger partial charge < -0.3 is 14.4 Å². The van der Waals surface area contributed by atoms with E-state index in [2.05, 4.69) is 0 Å². The third-order valence-electron chi connectivity index (χ3n) is 3.26. The largest absolute Gasteiger partial charge is 0.478 e. The van der Waals surface area contributed by atoms with Crippen molar-refractivity contribution in [3.05, 3.63) is 57.0 Å². The summed E-state index contributed by atoms with van der Waals surface area (Å²) in [4.78, 5) is 24.9. The number of hydrogen-bond acceptors (Lipinski definition) is 3. The van der Waals surface area contributed by atoms with Gasteiger partial charge in [-0.2, -0.15) is 0 Å². The van der Waals surface area contributed by atoms with E-state index in [1.807, 2.05) is 0 Å². The van der Waals surface area contributed by atoms with Gasteiger partial charge >= 0.3 is 5.97 Å². The average molecular weight is 356 g/mol. The Hall–Kier alpha value is -1.98. The maximum absolute atomic E-state index is 12.4. The highest BCUT2D eigenvalue weighted by Gasteiger charge is 2.22. The molecule has 0 atom stereocenters. The zero-order chi connectivity index (χ0) is 17.1. The van der Waals surface area contributed by atoms with E-state index in [9.17, 15) is 9.59 Å². The van der Waals surface area contributed by atoms with Crippen molar-refractivity contribution < 1.29 is 19.1 Å². The van der Waals surface area contributed by atoms with E-state index in [4.69, 9.17) is 32.7 Å². The van der Waals surface area contributed by atoms with E-state index < -0.39 is 11.9 Å². The molecule has 23 heavy (non-hydrogen) atoms. The lowest BCUT2D eigenvalue weighted by molar-refractivity contribution is 0.0693. The van der Waals surface area contributed by atoms with E-state index in [-0.39, 0.29) is 23.6 Å². The Kier molecular flexibility index (Phi) is 5.34. The number of carbonyl (C=O) groups is 2. The number of nitrogens with zero attached hydrogens (tertiary/aromatic N) is 1. The number of hydrogen-bond donors (Lipinski definition) is 1. The highest BCUT2D eigenvalue weighted by molar-refractivity contribution is 6.34. The van der Waals surface area contributed by atoms with Gasteiger partial charge in [0.05, 0.1) is 0 Å². The van der Waals surface area contributed by atoms with Crippen molar-refractivity contribution in [1.29, 1.82) is 0 Å². The average Bonchev–Trinajstić information content (AvgIpc) is 2.89. The van der Waals surface area contributed by atoms with E-state index in [0.29, 0.717) is 16.5 Å². The first-order valence-corrected chi connectivity index (χ1v) is 7.63. The summed E-state index contributed by atoms with van der Waals surface area (Å²) < 4.78 is 5.37. The van der Waals surface area contributed by atoms with E-state index in [1.165, 1.54) is 11.0 Å². The first-order valence-electron chi connectivity index (χ1n) is 6.88. The molecule has 2 rings (SSSR count). The zero-order valence-corrected chi connectivity index (χ0v) is 14.1. The van der Waals surface area contributed by atoms with Crippen molar-refractivity contribution in [2.75, 3.05) is 7.05 Å². The molecule has 5 nitrogen and oxygen atoms in total. The van der Waals surface area contributed by atoms with Crippen molar-refractivity contribution in [3.8, 4) is 0 Å². The number of amides is 1. The van der Waals surface area contributed by atoms with Gasteiger partial charge in [-0.05, 0) is 23.8 Å². The van der Waals surface area contributed by atoms with Crippen LogP contribution in [0.2, 0.25) is 10.0 Å². The molecule has 0 radical (unpaired) electrons. The molecule has 0 fully saturated rings. The van der Waals surface area contributed by atoms with Crippen molar-refractivity contribution in [3.63, 3.8) is 0 Å². The Balaban J connectivity index is 2.21. The van der Waals surface area contributed by atoms with Gasteiger partial charge in [-0.25, -0.2) is 4.79 Å². The van der Waals surface area contributed by atoms with Gasteiger partial charge in [0.2, 0.25) is 0 Å². The molecule has 0 saturated carbocycles. The van der Waals surface area contributed by atoms with E-state index in [1.54, 1.807) is 32.2 Å². The summed E-state index contributed by atoms with van der Waals surface area (Å²) >= 11 is 11.9. The molecular formula is C16H15Cl2NO4. The van der Waals surface area contributed by atoms with Gasteiger partial charge in [-0.1, -0.05) is 30.1 Å². The Bertz CT molecular complexity index is 734. The Morgan fingerprint density at radius 2 is 1.78 bits per heavy atom. The van der Waals surface area contributed by atoms with Crippen LogP contribution in [0.5, 0.6) is 0 Å². The second kappa shape index (κ2) is 7.06. The Labute approximate surface area is 143 Å². The fraction of sp³-hybridized carbons (Fsp3) is 0.250. The van der Waals surface area contributed by atoms with Crippen LogP contribution >= 0.6 is 23.2 Å². The lowest BCUT2D eigenvalue weighted by atomic mass is 10.2. The van der Waals surface area contributed by atoms with Gasteiger partial charge in [0.15, 0.2) is 5.76 Å². The molecule has 122 valence electrons. The number of aromatic carboxylic acids is 1. The fourth-order valence-electron chi connectivity index (χ4n) is 2.21. The van der Waals surface area contributed by atoms with Crippen LogP contribution in [0, 0.1) is 0 Å². The van der Waals surface area contributed by atoms with Crippen molar-refractivity contribution in [1.82, 2.24) is 4.90 Å². The molecule has 1 aromatic heterocycles. The van der Waals surface area contributed by atoms with Crippen molar-refractivity contribution in [2.45, 2.75) is 19.9 Å². The predicted octanol–water partition coefficient (Wildman–Crippen LogP) is 4.12. The van der Waals surface area contributed by atoms with Gasteiger partial charge in [0, 0.05) is 36.1 Å². The Morgan fingerprint density at radius 3 is 2.26 bits per heavy atom. The lowest BCUT2D eigenvalue weighted by Crippen LogP contribution is -2.25. The number of benzene rings is 1. The maximum atomic E-state index is 12.4. The van der Waals surface area contributed by atoms with Crippen LogP contribution < -0.4 is 0 Å². The van der Waals surface area contributed by atoms with Crippen LogP contribution in [0.3, 0.4) is 0 Å². The smallest absolute Gasteiger partial charge is 0.339 e. The monoisotopic (exact) mass is 355 g/mol. The molecule has 2 aromatic rings. The molecule has 1 heterocycles. The zero-order valence-electron chi connectivity index (χ0n) is 12.6. The summed E-state index contributed by atoms with van der Waals surface area (Å²) in [6.45, 7) is 2.03. The first-order chi connectivity index (χ1) is 10.8. The van der Waals surface area contributed by atoms with Gasteiger partial charge in [-0.3, -0.25) is 4.79 Å². The molecule has 7 heteroatoms. The Morgan fingerprint density at radius 1 is 1.17 bits per heavy atom. The normalized spacial score (nSPS) is 10.6. The third-order valence-corrected chi connectivity index (χ3v) is 3.70. The van der Waals surface area contributed by atoms with Crippen LogP contribution in [0.25, 0.3) is 0 Å². The molecule has 0 saturated heterocycles. The van der Waals surface area contributed by atoms with Crippen molar-refractivity contribution in [2.24, 2.45) is 0 Å². The maximum Gasteiger partial charge on any atom is 0.339 e. The highest BCUT2D eigenvalue weighted by Crippen LogP contribution is 2.22. The number of carbonyl (C=O) groups excluding carboxylic acids is 1. The molecule has 0 aliphatic carbocycles. The molecule has 0 bridgehead atoms. The lowest BCUT2D eigenvalue weighted by Gasteiger charge is -2.16. The summed E-state index contributed by atoms with van der Waals surface area (Å²) in [5.41, 5.74) is 0.772. The second-order valence-corrected chi connectivity index (χ2v) is 5.92. The number of rotatable bonds is 5. The van der Waals surface area contributed by atoms with E-state index >= 15 is 0 Å². The quantitative estimate of drug-likeness (QED) is 0.875. The first kappa shape index (κ1) is 17.4. The standard InChI is InChI=1S/C16H15Cl2NO4/c1-3-13-12(16(21)22)7-14(23-13)15(20)19(2)8-9-4-10(17)6-11(18)5-9/h4-7H,3,8H2,1-2H3,(H,21,22). The van der Waals surface area contributed by atoms with Gasteiger partial charge in [-0.15, -0.1) is 0 Å². The minimum Gasteiger partial charge on any atom is -0.478 e. The molecule has 0 aliphatic heterocycles. The second-order valence-electron chi connectivity index (χ2n) is 5.05. The molecular weight excluding hydrogens is 341 g/mol. The summed E-state index contributed by atoms with van der Waals surface area (Å²) in [5.74, 6) is -1.26. The molecule has 1 aromatic carbocycles. The minimum absolute atomic E-state index is 0.00475. The van der Waals surface area contributed by atoms with Crippen LogP contribution in [-0.2, 0) is 13.0 Å². The minimum atomic E-state index is -1.12. The van der Waals surface area contributed by atoms with Crippen molar-refractivity contribution >= 4 is 35.1 Å². The molecule has 1 N–H and O–H groups in total. The van der Waals surface area contributed by atoms with E-state index in [0.717, 1.165) is 5.56 Å². The molecule has 1 amide bonds. The van der Waals surface area contributed by atoms with Crippen LogP contribution in [0.1, 0.15) is 39.2 Å². The number of halogens is 2. The summed E-state index contributed by atoms with van der Waals surface area (Å²) in [6.07, 6.45) is 0.391. The van der Waals surface area contributed by atoms with Crippen LogP contribution in [-0.4, -0.2) is 28.9 Å². The highest BCUT2D eigenvalue weighted by atomic mass is 35.5. The van der Waals surface area contributed by atoms with Gasteiger partial charge in [0.1, 0.15) is 11.3 Å². The summed E-state index contributed by atoms with van der Waals surface area (Å²) in [5, 5.41) is 10.1. The topological polar surface area (TPSA) is 70.8 Å². The van der Waals surface area contributed by atoms with Gasteiger partial charge in [0.25, 0.3) is 5.91 Å². The fourth-order valence-corrected chi connectivity index (χ4v) is 2.79. The number of furan rings is 1. The number of carboxylic acid groups (broad SMARTS) is 1. The summed E-state index contributed by atoms with van der Waals surface area (Å²) in [7, 11) is 1.59. The summed E-state index contributed by atoms with van der Waals surface area (Å²) in [6, 6.07) is 6.28. The molecule has 0 aliphatic rings. The van der Waals surface area contributed by atoms with Crippen LogP contribution in [0.15, 0.2) is 28.7 Å². The number of aryl methyl sites for hydroxylation is 1. The number of carboxylic acids is 1. The third kappa shape index (κ3) is 4.06. The molecule has 0 spiro atoms. The van der Waals surface area contributed by atoms with Crippen LogP contribution in [0.4, 0.5) is 0 Å². The predicted molar refractivity (Wildman–Crippen MR) is 87.3 cm³/mol. The molecule has 0 unspecified atom stereocenters. The SMILES string of the molecule is CCc1oc(C(=O)N(C)Cc2cc(Cl)cc(Cl)c2)cc1C(=O)O.